The van der Waals surface area contributed by atoms with E-state index in [0.29, 0.717) is 13.2 Å². The molecule has 1 aromatic carbocycles. The van der Waals surface area contributed by atoms with Crippen LogP contribution in [-0.4, -0.2) is 12.8 Å². The summed E-state index contributed by atoms with van der Waals surface area (Å²) in [7, 11) is 0. The van der Waals surface area contributed by atoms with Crippen LogP contribution >= 0.6 is 0 Å². The van der Waals surface area contributed by atoms with E-state index in [0.717, 1.165) is 30.4 Å². The Hall–Kier alpha value is -1.42. The number of halogens is 1. The Morgan fingerprint density at radius 1 is 1.41 bits per heavy atom. The van der Waals surface area contributed by atoms with Crippen LogP contribution < -0.4 is 5.84 Å². The molecule has 0 fully saturated rings. The molecular formula is C13H19FN2O. The van der Waals surface area contributed by atoms with Crippen molar-refractivity contribution in [2.45, 2.75) is 32.8 Å². The van der Waals surface area contributed by atoms with E-state index in [9.17, 15) is 4.39 Å². The molecule has 0 aromatic heterocycles. The Kier molecular flexibility index (Phi) is 6.25. The molecule has 0 aliphatic heterocycles. The summed E-state index contributed by atoms with van der Waals surface area (Å²) in [4.78, 5) is 0. The largest absolute Gasteiger partial charge is 0.377 e. The number of benzene rings is 1. The van der Waals surface area contributed by atoms with Gasteiger partial charge in [0.05, 0.1) is 12.8 Å². The molecule has 0 saturated carbocycles. The van der Waals surface area contributed by atoms with Crippen molar-refractivity contribution in [3.63, 3.8) is 0 Å². The van der Waals surface area contributed by atoms with Crippen LogP contribution in [-0.2, 0) is 11.3 Å². The van der Waals surface area contributed by atoms with Crippen LogP contribution in [0.25, 0.3) is 0 Å². The fourth-order valence-corrected chi connectivity index (χ4v) is 1.54. The lowest BCUT2D eigenvalue weighted by molar-refractivity contribution is 0.117. The quantitative estimate of drug-likeness (QED) is 0.343. The van der Waals surface area contributed by atoms with Crippen molar-refractivity contribution in [2.24, 2.45) is 10.9 Å². The lowest BCUT2D eigenvalue weighted by Crippen LogP contribution is -2.01. The Labute approximate surface area is 101 Å². The molecule has 2 N–H and O–H groups in total. The maximum absolute atomic E-state index is 13.1. The minimum atomic E-state index is -0.272. The highest BCUT2D eigenvalue weighted by molar-refractivity contribution is 5.81. The van der Waals surface area contributed by atoms with Gasteiger partial charge in [0.1, 0.15) is 5.82 Å². The second-order valence-electron chi connectivity index (χ2n) is 3.88. The molecule has 0 aliphatic rings. The minimum Gasteiger partial charge on any atom is -0.377 e. The molecule has 1 aromatic rings. The highest BCUT2D eigenvalue weighted by Gasteiger charge is 2.02. The first-order chi connectivity index (χ1) is 8.27. The Morgan fingerprint density at radius 3 is 2.94 bits per heavy atom. The number of unbranched alkanes of at least 4 members (excludes halogenated alkanes) is 2. The summed E-state index contributed by atoms with van der Waals surface area (Å²) < 4.78 is 18.6. The predicted molar refractivity (Wildman–Crippen MR) is 67.4 cm³/mol. The average molecular weight is 238 g/mol. The van der Waals surface area contributed by atoms with E-state index in [1.54, 1.807) is 6.07 Å². The van der Waals surface area contributed by atoms with Crippen molar-refractivity contribution < 1.29 is 9.13 Å². The highest BCUT2D eigenvalue weighted by Crippen LogP contribution is 2.11. The summed E-state index contributed by atoms with van der Waals surface area (Å²) in [5.41, 5.74) is 1.57. The van der Waals surface area contributed by atoms with E-state index in [2.05, 4.69) is 12.0 Å². The summed E-state index contributed by atoms with van der Waals surface area (Å²) >= 11 is 0. The molecule has 0 heterocycles. The Bertz CT molecular complexity index is 366. The SMILES string of the molecule is CCCCCOCc1cc(F)ccc1C=NN. The van der Waals surface area contributed by atoms with Gasteiger partial charge in [0, 0.05) is 12.2 Å². The van der Waals surface area contributed by atoms with Crippen molar-refractivity contribution in [1.82, 2.24) is 0 Å². The maximum Gasteiger partial charge on any atom is 0.123 e. The lowest BCUT2D eigenvalue weighted by atomic mass is 10.1. The number of hydrazone groups is 1. The Morgan fingerprint density at radius 2 is 2.24 bits per heavy atom. The van der Waals surface area contributed by atoms with Gasteiger partial charge in [-0.25, -0.2) is 4.39 Å². The molecule has 94 valence electrons. The molecule has 0 spiro atoms. The number of hydrogen-bond acceptors (Lipinski definition) is 3. The minimum absolute atomic E-state index is 0.272. The van der Waals surface area contributed by atoms with Gasteiger partial charge in [-0.15, -0.1) is 0 Å². The van der Waals surface area contributed by atoms with Gasteiger partial charge in [-0.05, 0) is 24.1 Å². The molecule has 17 heavy (non-hydrogen) atoms. The molecule has 3 nitrogen and oxygen atoms in total. The van der Waals surface area contributed by atoms with Crippen molar-refractivity contribution >= 4 is 6.21 Å². The first kappa shape index (κ1) is 13.6. The predicted octanol–water partition coefficient (Wildman–Crippen LogP) is 2.83. The summed E-state index contributed by atoms with van der Waals surface area (Å²) in [5.74, 6) is 4.82. The first-order valence-electron chi connectivity index (χ1n) is 5.87. The van der Waals surface area contributed by atoms with Crippen molar-refractivity contribution in [1.29, 1.82) is 0 Å². The third-order valence-electron chi connectivity index (χ3n) is 2.47. The second-order valence-corrected chi connectivity index (χ2v) is 3.88. The van der Waals surface area contributed by atoms with Crippen LogP contribution in [0.1, 0.15) is 37.3 Å². The fourth-order valence-electron chi connectivity index (χ4n) is 1.54. The van der Waals surface area contributed by atoms with Gasteiger partial charge in [0.15, 0.2) is 0 Å². The third-order valence-corrected chi connectivity index (χ3v) is 2.47. The molecule has 0 atom stereocenters. The number of nitrogens with zero attached hydrogens (tertiary/aromatic N) is 1. The van der Waals surface area contributed by atoms with E-state index >= 15 is 0 Å². The smallest absolute Gasteiger partial charge is 0.123 e. The lowest BCUT2D eigenvalue weighted by Gasteiger charge is -2.07. The van der Waals surface area contributed by atoms with Crippen LogP contribution in [0.2, 0.25) is 0 Å². The summed E-state index contributed by atoms with van der Waals surface area (Å²) in [6.45, 7) is 3.23. The van der Waals surface area contributed by atoms with Crippen molar-refractivity contribution in [3.8, 4) is 0 Å². The van der Waals surface area contributed by atoms with E-state index in [-0.39, 0.29) is 5.82 Å². The van der Waals surface area contributed by atoms with E-state index in [1.165, 1.54) is 18.3 Å². The van der Waals surface area contributed by atoms with Gasteiger partial charge in [-0.2, -0.15) is 5.10 Å². The van der Waals surface area contributed by atoms with E-state index in [4.69, 9.17) is 10.6 Å². The molecule has 0 saturated heterocycles. The van der Waals surface area contributed by atoms with Gasteiger partial charge in [0.25, 0.3) is 0 Å². The molecular weight excluding hydrogens is 219 g/mol. The summed E-state index contributed by atoms with van der Waals surface area (Å²) in [6.07, 6.45) is 4.85. The standard InChI is InChI=1S/C13H19FN2O/c1-2-3-4-7-17-10-12-8-13(14)6-5-11(12)9-16-15/h5-6,8-9H,2-4,7,10,15H2,1H3. The van der Waals surface area contributed by atoms with Gasteiger partial charge in [-0.1, -0.05) is 25.8 Å². The van der Waals surface area contributed by atoms with Crippen molar-refractivity contribution in [2.75, 3.05) is 6.61 Å². The molecule has 1 rings (SSSR count). The van der Waals surface area contributed by atoms with Crippen LogP contribution in [0, 0.1) is 5.82 Å². The second kappa shape index (κ2) is 7.79. The molecule has 0 bridgehead atoms. The topological polar surface area (TPSA) is 47.6 Å². The highest BCUT2D eigenvalue weighted by atomic mass is 19.1. The van der Waals surface area contributed by atoms with Gasteiger partial charge < -0.3 is 10.6 Å². The summed E-state index contributed by atoms with van der Waals surface area (Å²) in [5, 5.41) is 3.45. The van der Waals surface area contributed by atoms with Crippen LogP contribution in [0.5, 0.6) is 0 Å². The zero-order valence-corrected chi connectivity index (χ0v) is 10.2. The maximum atomic E-state index is 13.1. The summed E-state index contributed by atoms with van der Waals surface area (Å²) in [6, 6.07) is 4.49. The number of ether oxygens (including phenoxy) is 1. The molecule has 4 heteroatoms. The van der Waals surface area contributed by atoms with Gasteiger partial charge in [-0.3, -0.25) is 0 Å². The van der Waals surface area contributed by atoms with Crippen LogP contribution in [0.4, 0.5) is 4.39 Å². The molecule has 0 aliphatic carbocycles. The van der Waals surface area contributed by atoms with E-state index in [1.807, 2.05) is 0 Å². The molecule has 0 radical (unpaired) electrons. The van der Waals surface area contributed by atoms with Gasteiger partial charge in [0.2, 0.25) is 0 Å². The number of nitrogens with two attached hydrogens (primary N) is 1. The fraction of sp³-hybridized carbons (Fsp3) is 0.462. The van der Waals surface area contributed by atoms with Crippen molar-refractivity contribution in [3.05, 3.63) is 35.1 Å². The van der Waals surface area contributed by atoms with Crippen LogP contribution in [0.3, 0.4) is 0 Å². The number of hydrogen-bond donors (Lipinski definition) is 1. The third kappa shape index (κ3) is 4.95. The zero-order chi connectivity index (χ0) is 12.5. The normalized spacial score (nSPS) is 11.2. The van der Waals surface area contributed by atoms with E-state index < -0.39 is 0 Å². The Balaban J connectivity index is 2.53. The van der Waals surface area contributed by atoms with Gasteiger partial charge >= 0.3 is 0 Å². The molecule has 0 amide bonds. The zero-order valence-electron chi connectivity index (χ0n) is 10.2. The molecule has 0 unspecified atom stereocenters. The first-order valence-corrected chi connectivity index (χ1v) is 5.87. The van der Waals surface area contributed by atoms with Crippen LogP contribution in [0.15, 0.2) is 23.3 Å². The number of rotatable bonds is 7. The average Bonchev–Trinajstić information content (AvgIpc) is 2.32. The monoisotopic (exact) mass is 238 g/mol.